The highest BCUT2D eigenvalue weighted by atomic mass is 19.1. The van der Waals surface area contributed by atoms with E-state index in [0.29, 0.717) is 30.8 Å². The quantitative estimate of drug-likeness (QED) is 0.686. The van der Waals surface area contributed by atoms with Crippen LogP contribution in [0.4, 0.5) is 10.1 Å². The van der Waals surface area contributed by atoms with Gasteiger partial charge < -0.3 is 10.2 Å². The van der Waals surface area contributed by atoms with Gasteiger partial charge in [-0.25, -0.2) is 4.39 Å². The fourth-order valence-corrected chi connectivity index (χ4v) is 2.82. The molecule has 3 aromatic rings. The highest BCUT2D eigenvalue weighted by molar-refractivity contribution is 5.92. The fraction of sp³-hybridized carbons (Fsp3) is 0.182. The average Bonchev–Trinajstić information content (AvgIpc) is 2.70. The van der Waals surface area contributed by atoms with E-state index in [1.54, 1.807) is 42.4 Å². The van der Waals surface area contributed by atoms with Crippen LogP contribution in [0, 0.1) is 5.82 Å². The molecule has 0 saturated heterocycles. The molecule has 0 saturated carbocycles. The predicted molar refractivity (Wildman–Crippen MR) is 105 cm³/mol. The van der Waals surface area contributed by atoms with E-state index < -0.39 is 0 Å². The Morgan fingerprint density at radius 3 is 2.59 bits per heavy atom. The van der Waals surface area contributed by atoms with Crippen LogP contribution in [-0.2, 0) is 13.0 Å². The third-order valence-corrected chi connectivity index (χ3v) is 4.27. The highest BCUT2D eigenvalue weighted by Gasteiger charge is 2.14. The first-order chi connectivity index (χ1) is 13.1. The molecule has 3 rings (SSSR count). The van der Waals surface area contributed by atoms with Gasteiger partial charge in [0.2, 0.25) is 0 Å². The second kappa shape index (κ2) is 8.94. The maximum absolute atomic E-state index is 13.7. The van der Waals surface area contributed by atoms with E-state index in [-0.39, 0.29) is 11.7 Å². The van der Waals surface area contributed by atoms with Gasteiger partial charge in [-0.2, -0.15) is 0 Å². The molecule has 1 aromatic heterocycles. The molecule has 2 aromatic carbocycles. The van der Waals surface area contributed by atoms with Crippen LogP contribution >= 0.6 is 0 Å². The van der Waals surface area contributed by atoms with Crippen LogP contribution in [0.1, 0.15) is 21.6 Å². The molecule has 0 unspecified atom stereocenters. The molecule has 1 amide bonds. The zero-order chi connectivity index (χ0) is 19.1. The van der Waals surface area contributed by atoms with Crippen molar-refractivity contribution in [2.45, 2.75) is 13.0 Å². The summed E-state index contributed by atoms with van der Waals surface area (Å²) in [4.78, 5) is 18.5. The summed E-state index contributed by atoms with van der Waals surface area (Å²) in [7, 11) is 1.76. The number of carbonyl (C=O) groups excluding carboxylic acids is 1. The summed E-state index contributed by atoms with van der Waals surface area (Å²) in [6, 6.07) is 20.1. The van der Waals surface area contributed by atoms with Crippen LogP contribution in [0.3, 0.4) is 0 Å². The molecule has 1 N–H and O–H groups in total. The van der Waals surface area contributed by atoms with Gasteiger partial charge in [0, 0.05) is 32.0 Å². The van der Waals surface area contributed by atoms with E-state index in [1.165, 1.54) is 6.07 Å². The number of carbonyl (C=O) groups is 1. The van der Waals surface area contributed by atoms with Crippen LogP contribution in [0.2, 0.25) is 0 Å². The number of rotatable bonds is 7. The number of aromatic nitrogens is 1. The van der Waals surface area contributed by atoms with Crippen molar-refractivity contribution >= 4 is 11.6 Å². The Morgan fingerprint density at radius 2 is 1.81 bits per heavy atom. The molecule has 0 aliphatic carbocycles. The number of anilines is 1. The van der Waals surface area contributed by atoms with Gasteiger partial charge in [-0.05, 0) is 35.7 Å². The number of pyridine rings is 1. The third kappa shape index (κ3) is 5.14. The summed E-state index contributed by atoms with van der Waals surface area (Å²) in [5.74, 6) is -0.343. The minimum absolute atomic E-state index is 0.142. The average molecular weight is 363 g/mol. The molecule has 4 nitrogen and oxygen atoms in total. The first-order valence-electron chi connectivity index (χ1n) is 8.86. The normalized spacial score (nSPS) is 10.4. The number of hydrogen-bond acceptors (Lipinski definition) is 3. The standard InChI is InChI=1S/C22H22FN3O/c1-26(16-17-7-3-2-4-8-17)22(27)21-15-19(12-14-25-21)24-13-11-18-9-5-6-10-20(18)23/h2-10,12,14-15H,11,13,16H2,1H3,(H,24,25). The van der Waals surface area contributed by atoms with E-state index in [1.807, 2.05) is 36.4 Å². The summed E-state index contributed by atoms with van der Waals surface area (Å²) in [6.07, 6.45) is 2.17. The van der Waals surface area contributed by atoms with Crippen molar-refractivity contribution in [3.8, 4) is 0 Å². The van der Waals surface area contributed by atoms with Crippen LogP contribution in [-0.4, -0.2) is 29.4 Å². The van der Waals surface area contributed by atoms with Crippen molar-refractivity contribution in [1.82, 2.24) is 9.88 Å². The molecule has 5 heteroatoms. The monoisotopic (exact) mass is 363 g/mol. The van der Waals surface area contributed by atoms with Gasteiger partial charge in [0.15, 0.2) is 0 Å². The Bertz CT molecular complexity index is 899. The smallest absolute Gasteiger partial charge is 0.272 e. The molecule has 0 bridgehead atoms. The second-order valence-corrected chi connectivity index (χ2v) is 6.34. The lowest BCUT2D eigenvalue weighted by Crippen LogP contribution is -2.27. The first kappa shape index (κ1) is 18.6. The minimum atomic E-state index is -0.201. The largest absolute Gasteiger partial charge is 0.385 e. The van der Waals surface area contributed by atoms with Gasteiger partial charge >= 0.3 is 0 Å². The van der Waals surface area contributed by atoms with Crippen molar-refractivity contribution < 1.29 is 9.18 Å². The van der Waals surface area contributed by atoms with E-state index >= 15 is 0 Å². The Hall–Kier alpha value is -3.21. The molecule has 0 radical (unpaired) electrons. The van der Waals surface area contributed by atoms with Gasteiger partial charge in [0.1, 0.15) is 11.5 Å². The van der Waals surface area contributed by atoms with Crippen molar-refractivity contribution in [3.63, 3.8) is 0 Å². The van der Waals surface area contributed by atoms with Crippen LogP contribution in [0.25, 0.3) is 0 Å². The zero-order valence-electron chi connectivity index (χ0n) is 15.2. The van der Waals surface area contributed by atoms with Crippen LogP contribution in [0.5, 0.6) is 0 Å². The summed E-state index contributed by atoms with van der Waals surface area (Å²) in [5.41, 5.74) is 2.90. The van der Waals surface area contributed by atoms with Crippen molar-refractivity contribution in [1.29, 1.82) is 0 Å². The van der Waals surface area contributed by atoms with Gasteiger partial charge in [-0.15, -0.1) is 0 Å². The number of amides is 1. The fourth-order valence-electron chi connectivity index (χ4n) is 2.82. The molecular formula is C22H22FN3O. The summed E-state index contributed by atoms with van der Waals surface area (Å²) >= 11 is 0. The molecule has 0 aliphatic heterocycles. The Balaban J connectivity index is 1.59. The number of halogens is 1. The Labute approximate surface area is 158 Å². The van der Waals surface area contributed by atoms with Crippen molar-refractivity contribution in [2.24, 2.45) is 0 Å². The lowest BCUT2D eigenvalue weighted by atomic mass is 10.1. The molecule has 27 heavy (non-hydrogen) atoms. The van der Waals surface area contributed by atoms with Gasteiger partial charge in [-0.3, -0.25) is 9.78 Å². The zero-order valence-corrected chi connectivity index (χ0v) is 15.2. The van der Waals surface area contributed by atoms with Gasteiger partial charge in [0.05, 0.1) is 0 Å². The second-order valence-electron chi connectivity index (χ2n) is 6.34. The van der Waals surface area contributed by atoms with Gasteiger partial charge in [0.25, 0.3) is 5.91 Å². The molecule has 0 atom stereocenters. The third-order valence-electron chi connectivity index (χ3n) is 4.27. The maximum atomic E-state index is 13.7. The van der Waals surface area contributed by atoms with E-state index in [0.717, 1.165) is 11.3 Å². The van der Waals surface area contributed by atoms with E-state index in [9.17, 15) is 9.18 Å². The lowest BCUT2D eigenvalue weighted by molar-refractivity contribution is 0.0779. The van der Waals surface area contributed by atoms with E-state index in [2.05, 4.69) is 10.3 Å². The molecular weight excluding hydrogens is 341 g/mol. The highest BCUT2D eigenvalue weighted by Crippen LogP contribution is 2.13. The summed E-state index contributed by atoms with van der Waals surface area (Å²) < 4.78 is 13.7. The number of benzene rings is 2. The molecule has 1 heterocycles. The molecule has 0 aliphatic rings. The van der Waals surface area contributed by atoms with Crippen molar-refractivity contribution in [3.05, 3.63) is 95.6 Å². The number of nitrogens with one attached hydrogen (secondary N) is 1. The van der Waals surface area contributed by atoms with Crippen LogP contribution in [0.15, 0.2) is 72.9 Å². The Morgan fingerprint density at radius 1 is 1.07 bits per heavy atom. The summed E-state index contributed by atoms with van der Waals surface area (Å²) in [5, 5.41) is 3.23. The Kier molecular flexibility index (Phi) is 6.15. The minimum Gasteiger partial charge on any atom is -0.385 e. The summed E-state index contributed by atoms with van der Waals surface area (Å²) in [6.45, 7) is 1.09. The maximum Gasteiger partial charge on any atom is 0.272 e. The van der Waals surface area contributed by atoms with Crippen LogP contribution < -0.4 is 5.32 Å². The molecule has 138 valence electrons. The van der Waals surface area contributed by atoms with E-state index in [4.69, 9.17) is 0 Å². The molecule has 0 fully saturated rings. The predicted octanol–water partition coefficient (Wildman–Crippen LogP) is 4.15. The van der Waals surface area contributed by atoms with Crippen molar-refractivity contribution in [2.75, 3.05) is 18.9 Å². The van der Waals surface area contributed by atoms with Gasteiger partial charge in [-0.1, -0.05) is 48.5 Å². The number of hydrogen-bond donors (Lipinski definition) is 1. The topological polar surface area (TPSA) is 45.2 Å². The lowest BCUT2D eigenvalue weighted by Gasteiger charge is -2.17. The first-order valence-corrected chi connectivity index (χ1v) is 8.86. The number of nitrogens with zero attached hydrogens (tertiary/aromatic N) is 2. The SMILES string of the molecule is CN(Cc1ccccc1)C(=O)c1cc(NCCc2ccccc2F)ccn1. The molecule has 0 spiro atoms.